The lowest BCUT2D eigenvalue weighted by molar-refractivity contribution is 0.415. The number of benzene rings is 3. The minimum absolute atomic E-state index is 0.0781. The quantitative estimate of drug-likeness (QED) is 0.592. The first-order chi connectivity index (χ1) is 12.8. The maximum absolute atomic E-state index is 5.92. The summed E-state index contributed by atoms with van der Waals surface area (Å²) in [5, 5.41) is 0. The van der Waals surface area contributed by atoms with Crippen LogP contribution < -0.4 is 4.74 Å². The van der Waals surface area contributed by atoms with Gasteiger partial charge in [0.1, 0.15) is 5.75 Å². The standard InChI is InChI=1S/C25H20O/c1-3-24(21-10-6-4-7-11-21)25(22-12-8-5-9-13-22)19-16-20-14-17-23(26-2)18-15-20/h1,4-15,17-18,24-25H,2H3. The summed E-state index contributed by atoms with van der Waals surface area (Å²) in [5.41, 5.74) is 3.17. The van der Waals surface area contributed by atoms with Gasteiger partial charge in [-0.05, 0) is 35.4 Å². The summed E-state index contributed by atoms with van der Waals surface area (Å²) in [4.78, 5) is 0. The van der Waals surface area contributed by atoms with Crippen molar-refractivity contribution in [3.63, 3.8) is 0 Å². The molecule has 3 aromatic rings. The summed E-state index contributed by atoms with van der Waals surface area (Å²) in [5.74, 6) is 10.3. The van der Waals surface area contributed by atoms with E-state index in [4.69, 9.17) is 11.2 Å². The van der Waals surface area contributed by atoms with Gasteiger partial charge in [-0.15, -0.1) is 6.42 Å². The molecule has 1 heteroatoms. The molecular formula is C25H20O. The maximum Gasteiger partial charge on any atom is 0.118 e. The fourth-order valence-electron chi connectivity index (χ4n) is 2.90. The first-order valence-electron chi connectivity index (χ1n) is 8.53. The van der Waals surface area contributed by atoms with Crippen LogP contribution in [0.4, 0.5) is 0 Å². The van der Waals surface area contributed by atoms with E-state index in [-0.39, 0.29) is 11.8 Å². The van der Waals surface area contributed by atoms with Gasteiger partial charge in [-0.1, -0.05) is 78.4 Å². The number of rotatable bonds is 4. The van der Waals surface area contributed by atoms with Crippen LogP contribution in [0.5, 0.6) is 5.75 Å². The van der Waals surface area contributed by atoms with Crippen LogP contribution in [0.2, 0.25) is 0 Å². The molecule has 0 spiro atoms. The van der Waals surface area contributed by atoms with E-state index < -0.39 is 0 Å². The summed E-state index contributed by atoms with van der Waals surface area (Å²) in [7, 11) is 1.66. The molecule has 0 amide bonds. The van der Waals surface area contributed by atoms with Crippen LogP contribution in [0.15, 0.2) is 84.9 Å². The van der Waals surface area contributed by atoms with Crippen LogP contribution >= 0.6 is 0 Å². The van der Waals surface area contributed by atoms with Crippen LogP contribution in [0.3, 0.4) is 0 Å². The van der Waals surface area contributed by atoms with Crippen molar-refractivity contribution in [1.82, 2.24) is 0 Å². The molecule has 0 fully saturated rings. The summed E-state index contributed by atoms with van der Waals surface area (Å²) in [6.07, 6.45) is 5.92. The molecule has 0 radical (unpaired) electrons. The van der Waals surface area contributed by atoms with Gasteiger partial charge in [-0.3, -0.25) is 0 Å². The van der Waals surface area contributed by atoms with E-state index in [9.17, 15) is 0 Å². The van der Waals surface area contributed by atoms with E-state index in [0.717, 1.165) is 22.4 Å². The van der Waals surface area contributed by atoms with E-state index in [1.54, 1.807) is 7.11 Å². The fraction of sp³-hybridized carbons (Fsp3) is 0.120. The van der Waals surface area contributed by atoms with Gasteiger partial charge in [-0.25, -0.2) is 0 Å². The largest absolute Gasteiger partial charge is 0.497 e. The Hall–Kier alpha value is -3.42. The first kappa shape index (κ1) is 17.4. The normalized spacial score (nSPS) is 12.2. The second-order valence-electron chi connectivity index (χ2n) is 5.94. The number of methoxy groups -OCH3 is 1. The minimum Gasteiger partial charge on any atom is -0.497 e. The lowest BCUT2D eigenvalue weighted by atomic mass is 9.82. The zero-order valence-electron chi connectivity index (χ0n) is 14.7. The highest BCUT2D eigenvalue weighted by molar-refractivity contribution is 5.44. The van der Waals surface area contributed by atoms with E-state index in [0.29, 0.717) is 0 Å². The van der Waals surface area contributed by atoms with Gasteiger partial charge in [-0.2, -0.15) is 0 Å². The Kier molecular flexibility index (Phi) is 5.76. The van der Waals surface area contributed by atoms with Crippen LogP contribution in [0, 0.1) is 24.2 Å². The Balaban J connectivity index is 1.99. The molecule has 0 saturated heterocycles. The molecule has 0 bridgehead atoms. The van der Waals surface area contributed by atoms with Crippen molar-refractivity contribution in [2.75, 3.05) is 7.11 Å². The minimum atomic E-state index is -0.107. The molecule has 0 heterocycles. The van der Waals surface area contributed by atoms with Crippen LogP contribution in [-0.2, 0) is 0 Å². The fourth-order valence-corrected chi connectivity index (χ4v) is 2.90. The molecule has 0 saturated carbocycles. The average molecular weight is 336 g/mol. The smallest absolute Gasteiger partial charge is 0.118 e. The second kappa shape index (κ2) is 8.61. The predicted octanol–water partition coefficient (Wildman–Crippen LogP) is 5.25. The number of hydrogen-bond acceptors (Lipinski definition) is 1. The SMILES string of the molecule is C#CC(c1ccccc1)C(C#Cc1ccc(OC)cc1)c1ccccc1. The molecule has 0 aromatic heterocycles. The van der Waals surface area contributed by atoms with Crippen LogP contribution in [-0.4, -0.2) is 7.11 Å². The highest BCUT2D eigenvalue weighted by atomic mass is 16.5. The Morgan fingerprint density at radius 3 is 1.77 bits per heavy atom. The van der Waals surface area contributed by atoms with E-state index in [1.807, 2.05) is 60.7 Å². The van der Waals surface area contributed by atoms with Gasteiger partial charge >= 0.3 is 0 Å². The van der Waals surface area contributed by atoms with Gasteiger partial charge < -0.3 is 4.74 Å². The average Bonchev–Trinajstić information content (AvgIpc) is 2.73. The van der Waals surface area contributed by atoms with E-state index in [2.05, 4.69) is 42.0 Å². The maximum atomic E-state index is 5.92. The zero-order chi connectivity index (χ0) is 18.2. The van der Waals surface area contributed by atoms with Crippen molar-refractivity contribution >= 4 is 0 Å². The summed E-state index contributed by atoms with van der Waals surface area (Å²) >= 11 is 0. The molecule has 0 aliphatic heterocycles. The third kappa shape index (κ3) is 4.15. The van der Waals surface area contributed by atoms with Crippen molar-refractivity contribution < 1.29 is 4.74 Å². The first-order valence-corrected chi connectivity index (χ1v) is 8.53. The Bertz CT molecular complexity index is 923. The Morgan fingerprint density at radius 2 is 1.27 bits per heavy atom. The van der Waals surface area contributed by atoms with E-state index in [1.165, 1.54) is 0 Å². The number of ether oxygens (including phenoxy) is 1. The Labute approximate surface area is 155 Å². The monoisotopic (exact) mass is 336 g/mol. The molecule has 1 nitrogen and oxygen atoms in total. The van der Waals surface area contributed by atoms with Crippen molar-refractivity contribution in [3.8, 4) is 29.9 Å². The third-order valence-corrected chi connectivity index (χ3v) is 4.29. The molecule has 0 aliphatic rings. The molecule has 3 aromatic carbocycles. The summed E-state index contributed by atoms with van der Waals surface area (Å²) < 4.78 is 5.20. The van der Waals surface area contributed by atoms with Gasteiger partial charge in [0.25, 0.3) is 0 Å². The molecule has 26 heavy (non-hydrogen) atoms. The van der Waals surface area contributed by atoms with Crippen LogP contribution in [0.25, 0.3) is 0 Å². The molecule has 0 N–H and O–H groups in total. The summed E-state index contributed by atoms with van der Waals surface area (Å²) in [6.45, 7) is 0. The van der Waals surface area contributed by atoms with Crippen molar-refractivity contribution in [1.29, 1.82) is 0 Å². The van der Waals surface area contributed by atoms with Crippen molar-refractivity contribution in [2.24, 2.45) is 0 Å². The lowest BCUT2D eigenvalue weighted by Crippen LogP contribution is -2.08. The highest BCUT2D eigenvalue weighted by Gasteiger charge is 2.21. The molecule has 2 atom stereocenters. The van der Waals surface area contributed by atoms with Gasteiger partial charge in [0.2, 0.25) is 0 Å². The zero-order valence-corrected chi connectivity index (χ0v) is 14.7. The van der Waals surface area contributed by atoms with Crippen LogP contribution in [0.1, 0.15) is 28.5 Å². The topological polar surface area (TPSA) is 9.23 Å². The second-order valence-corrected chi connectivity index (χ2v) is 5.94. The summed E-state index contributed by atoms with van der Waals surface area (Å²) in [6, 6.07) is 28.1. The van der Waals surface area contributed by atoms with E-state index >= 15 is 0 Å². The molecule has 0 aliphatic carbocycles. The molecular weight excluding hydrogens is 316 g/mol. The highest BCUT2D eigenvalue weighted by Crippen LogP contribution is 2.32. The van der Waals surface area contributed by atoms with Crippen molar-refractivity contribution in [3.05, 3.63) is 102 Å². The Morgan fingerprint density at radius 1 is 0.731 bits per heavy atom. The van der Waals surface area contributed by atoms with Gasteiger partial charge in [0, 0.05) is 5.56 Å². The number of hydrogen-bond donors (Lipinski definition) is 0. The third-order valence-electron chi connectivity index (χ3n) is 4.29. The molecule has 2 unspecified atom stereocenters. The lowest BCUT2D eigenvalue weighted by Gasteiger charge is -2.19. The van der Waals surface area contributed by atoms with Gasteiger partial charge in [0.05, 0.1) is 18.9 Å². The molecule has 126 valence electrons. The van der Waals surface area contributed by atoms with Gasteiger partial charge in [0.15, 0.2) is 0 Å². The molecule has 3 rings (SSSR count). The predicted molar refractivity (Wildman–Crippen MR) is 107 cm³/mol. The van der Waals surface area contributed by atoms with Crippen molar-refractivity contribution in [2.45, 2.75) is 11.8 Å². The number of terminal acetylenes is 1.